The number of fused-ring (bicyclic) bond motifs is 1. The molecular weight excluding hydrogens is 186 g/mol. The predicted octanol–water partition coefficient (Wildman–Crippen LogP) is 2.39. The molecule has 1 aromatic heterocycles. The van der Waals surface area contributed by atoms with Crippen LogP contribution >= 0.6 is 0 Å². The van der Waals surface area contributed by atoms with E-state index in [0.717, 1.165) is 16.9 Å². The van der Waals surface area contributed by atoms with Crippen molar-refractivity contribution in [1.29, 1.82) is 0 Å². The first-order valence-corrected chi connectivity index (χ1v) is 5.24. The Morgan fingerprint density at radius 1 is 1.27 bits per heavy atom. The molecule has 0 atom stereocenters. The van der Waals surface area contributed by atoms with Gasteiger partial charge in [-0.1, -0.05) is 6.07 Å². The van der Waals surface area contributed by atoms with Crippen LogP contribution in [-0.4, -0.2) is 11.0 Å². The van der Waals surface area contributed by atoms with Gasteiger partial charge >= 0.3 is 0 Å². The summed E-state index contributed by atoms with van der Waals surface area (Å²) in [6.45, 7) is 0. The fraction of sp³-hybridized carbons (Fsp3) is 0.250. The van der Waals surface area contributed by atoms with Crippen LogP contribution in [0.5, 0.6) is 0 Å². The molecular formula is C12H13N3. The first-order valence-electron chi connectivity index (χ1n) is 5.24. The molecule has 0 unspecified atom stereocenters. The lowest BCUT2D eigenvalue weighted by molar-refractivity contribution is 1.12. The fourth-order valence-corrected chi connectivity index (χ4v) is 1.72. The number of hydrogen-bond donors (Lipinski definition) is 2. The van der Waals surface area contributed by atoms with Crippen molar-refractivity contribution < 1.29 is 0 Å². The number of aromatic nitrogens is 1. The van der Waals surface area contributed by atoms with Crippen molar-refractivity contribution in [2.75, 3.05) is 11.1 Å². The van der Waals surface area contributed by atoms with Gasteiger partial charge in [-0.05, 0) is 36.4 Å². The van der Waals surface area contributed by atoms with Gasteiger partial charge in [-0.3, -0.25) is 0 Å². The summed E-state index contributed by atoms with van der Waals surface area (Å²) in [4.78, 5) is 4.36. The van der Waals surface area contributed by atoms with Gasteiger partial charge in [0.25, 0.3) is 0 Å². The second kappa shape index (κ2) is 3.12. The molecule has 1 aromatic carbocycles. The van der Waals surface area contributed by atoms with E-state index in [2.05, 4.69) is 10.3 Å². The van der Waals surface area contributed by atoms with E-state index in [4.69, 9.17) is 5.73 Å². The fourth-order valence-electron chi connectivity index (χ4n) is 1.72. The van der Waals surface area contributed by atoms with Crippen LogP contribution in [0.2, 0.25) is 0 Å². The molecule has 76 valence electrons. The summed E-state index contributed by atoms with van der Waals surface area (Å²) in [6, 6.07) is 8.55. The van der Waals surface area contributed by atoms with Gasteiger partial charge < -0.3 is 11.1 Å². The molecule has 1 aliphatic rings. The monoisotopic (exact) mass is 199 g/mol. The Balaban J connectivity index is 2.13. The summed E-state index contributed by atoms with van der Waals surface area (Å²) in [5.74, 6) is 0.960. The van der Waals surface area contributed by atoms with Crippen molar-refractivity contribution >= 4 is 22.3 Å². The minimum absolute atomic E-state index is 0.615. The molecule has 3 heteroatoms. The largest absolute Gasteiger partial charge is 0.399 e. The molecule has 3 N–H and O–H groups in total. The normalized spacial score (nSPS) is 15.5. The van der Waals surface area contributed by atoms with Gasteiger partial charge in [-0.15, -0.1) is 0 Å². The Kier molecular flexibility index (Phi) is 1.78. The Morgan fingerprint density at radius 3 is 2.93 bits per heavy atom. The zero-order valence-electron chi connectivity index (χ0n) is 8.40. The first kappa shape index (κ1) is 8.53. The number of nitrogens with one attached hydrogen (secondary N) is 1. The number of hydrogen-bond acceptors (Lipinski definition) is 3. The molecule has 3 rings (SSSR count). The quantitative estimate of drug-likeness (QED) is 0.730. The van der Waals surface area contributed by atoms with Crippen LogP contribution in [0.1, 0.15) is 12.8 Å². The highest BCUT2D eigenvalue weighted by Gasteiger charge is 2.21. The van der Waals surface area contributed by atoms with Crippen molar-refractivity contribution in [3.63, 3.8) is 0 Å². The van der Waals surface area contributed by atoms with Gasteiger partial charge in [0.15, 0.2) is 0 Å². The number of rotatable bonds is 2. The maximum atomic E-state index is 5.78. The van der Waals surface area contributed by atoms with E-state index in [-0.39, 0.29) is 0 Å². The number of nitrogens with two attached hydrogens (primary N) is 1. The topological polar surface area (TPSA) is 50.9 Å². The molecule has 1 heterocycles. The Morgan fingerprint density at radius 2 is 2.13 bits per heavy atom. The van der Waals surface area contributed by atoms with Gasteiger partial charge in [0.05, 0.1) is 0 Å². The van der Waals surface area contributed by atoms with E-state index in [1.165, 1.54) is 18.2 Å². The number of benzene rings is 1. The Labute approximate surface area is 88.3 Å². The highest BCUT2D eigenvalue weighted by atomic mass is 15.0. The average molecular weight is 199 g/mol. The summed E-state index contributed by atoms with van der Waals surface area (Å²) in [7, 11) is 0. The average Bonchev–Trinajstić information content (AvgIpc) is 3.03. The van der Waals surface area contributed by atoms with Gasteiger partial charge in [0.1, 0.15) is 5.82 Å². The van der Waals surface area contributed by atoms with E-state index in [0.29, 0.717) is 6.04 Å². The molecule has 0 aliphatic heterocycles. The number of nitrogen functional groups attached to an aromatic ring is 1. The van der Waals surface area contributed by atoms with Crippen molar-refractivity contribution in [1.82, 2.24) is 4.98 Å². The van der Waals surface area contributed by atoms with Gasteiger partial charge in [0.2, 0.25) is 0 Å². The van der Waals surface area contributed by atoms with Crippen LogP contribution in [0.4, 0.5) is 11.5 Å². The van der Waals surface area contributed by atoms with E-state index in [1.54, 1.807) is 0 Å². The second-order valence-corrected chi connectivity index (χ2v) is 4.06. The molecule has 0 saturated heterocycles. The lowest BCUT2D eigenvalue weighted by Crippen LogP contribution is -2.03. The molecule has 0 amide bonds. The summed E-state index contributed by atoms with van der Waals surface area (Å²) in [5, 5.41) is 5.72. The van der Waals surface area contributed by atoms with Crippen molar-refractivity contribution in [2.24, 2.45) is 0 Å². The molecule has 1 fully saturated rings. The summed E-state index contributed by atoms with van der Waals surface area (Å²) < 4.78 is 0. The van der Waals surface area contributed by atoms with E-state index in [1.807, 2.05) is 30.5 Å². The summed E-state index contributed by atoms with van der Waals surface area (Å²) >= 11 is 0. The number of nitrogens with zero attached hydrogens (tertiary/aromatic N) is 1. The van der Waals surface area contributed by atoms with Crippen LogP contribution < -0.4 is 11.1 Å². The zero-order chi connectivity index (χ0) is 10.3. The minimum Gasteiger partial charge on any atom is -0.399 e. The van der Waals surface area contributed by atoms with Gasteiger partial charge in [-0.25, -0.2) is 4.98 Å². The lowest BCUT2D eigenvalue weighted by Gasteiger charge is -2.07. The summed E-state index contributed by atoms with van der Waals surface area (Å²) in [5.41, 5.74) is 6.57. The van der Waals surface area contributed by atoms with Crippen molar-refractivity contribution in [3.05, 3.63) is 30.5 Å². The Hall–Kier alpha value is -1.77. The molecule has 3 nitrogen and oxygen atoms in total. The van der Waals surface area contributed by atoms with Crippen LogP contribution in [0.25, 0.3) is 10.8 Å². The molecule has 1 aliphatic carbocycles. The number of anilines is 2. The smallest absolute Gasteiger partial charge is 0.134 e. The Bertz CT molecular complexity index is 503. The molecule has 2 aromatic rings. The molecule has 0 spiro atoms. The first-order chi connectivity index (χ1) is 7.33. The standard InChI is InChI=1S/C12H13N3/c13-9-2-1-8-5-6-14-12(11(8)7-9)15-10-3-4-10/h1-2,5-7,10H,3-4,13H2,(H,14,15). The minimum atomic E-state index is 0.615. The zero-order valence-corrected chi connectivity index (χ0v) is 8.40. The number of pyridine rings is 1. The van der Waals surface area contributed by atoms with Gasteiger partial charge in [-0.2, -0.15) is 0 Å². The van der Waals surface area contributed by atoms with Crippen molar-refractivity contribution in [3.8, 4) is 0 Å². The van der Waals surface area contributed by atoms with E-state index < -0.39 is 0 Å². The molecule has 0 bridgehead atoms. The van der Waals surface area contributed by atoms with Gasteiger partial charge in [0, 0.05) is 23.3 Å². The third-order valence-corrected chi connectivity index (χ3v) is 2.71. The third-order valence-electron chi connectivity index (χ3n) is 2.71. The van der Waals surface area contributed by atoms with E-state index >= 15 is 0 Å². The van der Waals surface area contributed by atoms with Crippen molar-refractivity contribution in [2.45, 2.75) is 18.9 Å². The molecule has 15 heavy (non-hydrogen) atoms. The van der Waals surface area contributed by atoms with Crippen LogP contribution in [0.15, 0.2) is 30.5 Å². The van der Waals surface area contributed by atoms with Crippen LogP contribution in [-0.2, 0) is 0 Å². The third kappa shape index (κ3) is 1.61. The SMILES string of the molecule is Nc1ccc2ccnc(NC3CC3)c2c1. The lowest BCUT2D eigenvalue weighted by atomic mass is 10.1. The maximum Gasteiger partial charge on any atom is 0.134 e. The van der Waals surface area contributed by atoms with Crippen LogP contribution in [0, 0.1) is 0 Å². The second-order valence-electron chi connectivity index (χ2n) is 4.06. The molecule has 1 saturated carbocycles. The maximum absolute atomic E-state index is 5.78. The van der Waals surface area contributed by atoms with E-state index in [9.17, 15) is 0 Å². The highest BCUT2D eigenvalue weighted by molar-refractivity contribution is 5.93. The van der Waals surface area contributed by atoms with Crippen LogP contribution in [0.3, 0.4) is 0 Å². The summed E-state index contributed by atoms with van der Waals surface area (Å²) in [6.07, 6.45) is 4.34. The molecule has 0 radical (unpaired) electrons. The predicted molar refractivity (Wildman–Crippen MR) is 62.8 cm³/mol. The highest BCUT2D eigenvalue weighted by Crippen LogP contribution is 2.29.